The second kappa shape index (κ2) is 8.25. The predicted molar refractivity (Wildman–Crippen MR) is 108 cm³/mol. The maximum Gasteiger partial charge on any atom is 0.255 e. The van der Waals surface area contributed by atoms with Crippen LogP contribution < -0.4 is 10.6 Å². The lowest BCUT2D eigenvalue weighted by Crippen LogP contribution is -2.59. The highest BCUT2D eigenvalue weighted by Crippen LogP contribution is 2.22. The number of anilines is 1. The van der Waals surface area contributed by atoms with Crippen LogP contribution in [0.4, 0.5) is 5.69 Å². The summed E-state index contributed by atoms with van der Waals surface area (Å²) in [5, 5.41) is 5.70. The molecule has 1 heterocycles. The molecule has 1 aliphatic rings. The number of carbonyl (C=O) groups is 3. The van der Waals surface area contributed by atoms with Crippen molar-refractivity contribution in [2.45, 2.75) is 26.8 Å². The smallest absolute Gasteiger partial charge is 0.255 e. The summed E-state index contributed by atoms with van der Waals surface area (Å²) in [6, 6.07) is 13.7. The van der Waals surface area contributed by atoms with Crippen molar-refractivity contribution >= 4 is 23.4 Å². The number of nitrogens with zero attached hydrogens (tertiary/aromatic N) is 1. The minimum Gasteiger partial charge on any atom is -0.353 e. The number of benzene rings is 2. The van der Waals surface area contributed by atoms with E-state index in [0.29, 0.717) is 29.9 Å². The topological polar surface area (TPSA) is 78.5 Å². The SMILES string of the molecule is Cc1ccc(C(=O)N2CCNC(=O)C2C(C)C)cc1NC(=O)c1ccccc1. The van der Waals surface area contributed by atoms with Gasteiger partial charge in [-0.05, 0) is 42.7 Å². The summed E-state index contributed by atoms with van der Waals surface area (Å²) in [4.78, 5) is 39.5. The van der Waals surface area contributed by atoms with Gasteiger partial charge in [0, 0.05) is 29.9 Å². The molecule has 146 valence electrons. The van der Waals surface area contributed by atoms with Crippen molar-refractivity contribution in [1.29, 1.82) is 0 Å². The van der Waals surface area contributed by atoms with Crippen molar-refractivity contribution < 1.29 is 14.4 Å². The van der Waals surface area contributed by atoms with Gasteiger partial charge in [0.25, 0.3) is 11.8 Å². The van der Waals surface area contributed by atoms with E-state index in [2.05, 4.69) is 10.6 Å². The zero-order chi connectivity index (χ0) is 20.3. The molecule has 0 spiro atoms. The molecule has 6 heteroatoms. The Bertz CT molecular complexity index is 893. The molecule has 28 heavy (non-hydrogen) atoms. The first-order chi connectivity index (χ1) is 13.4. The van der Waals surface area contributed by atoms with Gasteiger partial charge < -0.3 is 15.5 Å². The zero-order valence-corrected chi connectivity index (χ0v) is 16.4. The van der Waals surface area contributed by atoms with Crippen LogP contribution in [0, 0.1) is 12.8 Å². The number of piperazine rings is 1. The van der Waals surface area contributed by atoms with Gasteiger partial charge in [0.15, 0.2) is 0 Å². The van der Waals surface area contributed by atoms with E-state index < -0.39 is 6.04 Å². The lowest BCUT2D eigenvalue weighted by Gasteiger charge is -2.37. The fourth-order valence-electron chi connectivity index (χ4n) is 3.41. The summed E-state index contributed by atoms with van der Waals surface area (Å²) in [6.07, 6.45) is 0. The third kappa shape index (κ3) is 4.06. The maximum atomic E-state index is 13.1. The lowest BCUT2D eigenvalue weighted by atomic mass is 9.98. The first-order valence-electron chi connectivity index (χ1n) is 9.44. The Morgan fingerprint density at radius 1 is 1.11 bits per heavy atom. The van der Waals surface area contributed by atoms with E-state index in [1.54, 1.807) is 41.3 Å². The number of carbonyl (C=O) groups excluding carboxylic acids is 3. The van der Waals surface area contributed by atoms with Gasteiger partial charge in [-0.2, -0.15) is 0 Å². The Labute approximate surface area is 164 Å². The predicted octanol–water partition coefficient (Wildman–Crippen LogP) is 2.84. The van der Waals surface area contributed by atoms with Crippen LogP contribution in [0.3, 0.4) is 0 Å². The van der Waals surface area contributed by atoms with Crippen LogP contribution in [-0.4, -0.2) is 41.8 Å². The average molecular weight is 379 g/mol. The normalized spacial score (nSPS) is 16.6. The average Bonchev–Trinajstić information content (AvgIpc) is 2.69. The van der Waals surface area contributed by atoms with Crippen molar-refractivity contribution in [2.24, 2.45) is 5.92 Å². The van der Waals surface area contributed by atoms with E-state index in [0.717, 1.165) is 5.56 Å². The number of amides is 3. The number of aryl methyl sites for hydroxylation is 1. The molecule has 3 amide bonds. The summed E-state index contributed by atoms with van der Waals surface area (Å²) in [7, 11) is 0. The molecule has 0 aromatic heterocycles. The fourth-order valence-corrected chi connectivity index (χ4v) is 3.41. The van der Waals surface area contributed by atoms with Crippen molar-refractivity contribution in [1.82, 2.24) is 10.2 Å². The Kier molecular flexibility index (Phi) is 5.78. The minimum atomic E-state index is -0.495. The van der Waals surface area contributed by atoms with Crippen molar-refractivity contribution in [3.05, 3.63) is 65.2 Å². The van der Waals surface area contributed by atoms with Crippen LogP contribution in [0.25, 0.3) is 0 Å². The summed E-state index contributed by atoms with van der Waals surface area (Å²) in [5.41, 5.74) is 2.44. The molecule has 6 nitrogen and oxygen atoms in total. The molecular formula is C22H25N3O3. The first-order valence-corrected chi connectivity index (χ1v) is 9.44. The second-order valence-electron chi connectivity index (χ2n) is 7.33. The summed E-state index contributed by atoms with van der Waals surface area (Å²) in [5.74, 6) is -0.555. The van der Waals surface area contributed by atoms with E-state index in [1.807, 2.05) is 32.9 Å². The Balaban J connectivity index is 1.85. The molecule has 0 saturated carbocycles. The molecule has 2 aromatic carbocycles. The molecule has 1 atom stereocenters. The van der Waals surface area contributed by atoms with E-state index in [4.69, 9.17) is 0 Å². The number of rotatable bonds is 4. The molecule has 1 fully saturated rings. The van der Waals surface area contributed by atoms with Crippen LogP contribution in [0.15, 0.2) is 48.5 Å². The van der Waals surface area contributed by atoms with E-state index in [-0.39, 0.29) is 23.6 Å². The summed E-state index contributed by atoms with van der Waals surface area (Å²) >= 11 is 0. The molecule has 0 radical (unpaired) electrons. The fraction of sp³-hybridized carbons (Fsp3) is 0.318. The van der Waals surface area contributed by atoms with Gasteiger partial charge in [-0.25, -0.2) is 0 Å². The van der Waals surface area contributed by atoms with Crippen LogP contribution in [0.1, 0.15) is 40.1 Å². The standard InChI is InChI=1S/C22H25N3O3/c1-14(2)19-21(27)23-11-12-25(19)22(28)17-10-9-15(3)18(13-17)24-20(26)16-7-5-4-6-8-16/h4-10,13-14,19H,11-12H2,1-3H3,(H,23,27)(H,24,26). The van der Waals surface area contributed by atoms with E-state index in [9.17, 15) is 14.4 Å². The third-order valence-electron chi connectivity index (χ3n) is 4.92. The van der Waals surface area contributed by atoms with Crippen LogP contribution in [0.2, 0.25) is 0 Å². The van der Waals surface area contributed by atoms with Crippen LogP contribution in [0.5, 0.6) is 0 Å². The van der Waals surface area contributed by atoms with Gasteiger partial charge in [0.1, 0.15) is 6.04 Å². The summed E-state index contributed by atoms with van der Waals surface area (Å²) in [6.45, 7) is 6.64. The molecule has 1 unspecified atom stereocenters. The molecule has 2 aromatic rings. The minimum absolute atomic E-state index is 0.00644. The number of hydrogen-bond donors (Lipinski definition) is 2. The monoisotopic (exact) mass is 379 g/mol. The molecule has 1 saturated heterocycles. The highest BCUT2D eigenvalue weighted by atomic mass is 16.2. The van der Waals surface area contributed by atoms with Gasteiger partial charge in [-0.15, -0.1) is 0 Å². The maximum absolute atomic E-state index is 13.1. The van der Waals surface area contributed by atoms with Gasteiger partial charge in [0.2, 0.25) is 5.91 Å². The van der Waals surface area contributed by atoms with Gasteiger partial charge in [0.05, 0.1) is 0 Å². The number of nitrogens with one attached hydrogen (secondary N) is 2. The van der Waals surface area contributed by atoms with E-state index >= 15 is 0 Å². The zero-order valence-electron chi connectivity index (χ0n) is 16.4. The van der Waals surface area contributed by atoms with Crippen molar-refractivity contribution in [3.8, 4) is 0 Å². The molecule has 3 rings (SSSR count). The van der Waals surface area contributed by atoms with Gasteiger partial charge in [-0.1, -0.05) is 38.1 Å². The molecule has 0 aliphatic carbocycles. The Morgan fingerprint density at radius 2 is 1.82 bits per heavy atom. The van der Waals surface area contributed by atoms with E-state index in [1.165, 1.54) is 0 Å². The lowest BCUT2D eigenvalue weighted by molar-refractivity contribution is -0.129. The summed E-state index contributed by atoms with van der Waals surface area (Å²) < 4.78 is 0. The number of hydrogen-bond acceptors (Lipinski definition) is 3. The van der Waals surface area contributed by atoms with Gasteiger partial charge in [-0.3, -0.25) is 14.4 Å². The Hall–Kier alpha value is -3.15. The third-order valence-corrected chi connectivity index (χ3v) is 4.92. The molecule has 2 N–H and O–H groups in total. The molecule has 0 bridgehead atoms. The van der Waals surface area contributed by atoms with Crippen LogP contribution in [-0.2, 0) is 4.79 Å². The first kappa shape index (κ1) is 19.6. The highest BCUT2D eigenvalue weighted by Gasteiger charge is 2.35. The van der Waals surface area contributed by atoms with Crippen molar-refractivity contribution in [3.63, 3.8) is 0 Å². The Morgan fingerprint density at radius 3 is 2.50 bits per heavy atom. The second-order valence-corrected chi connectivity index (χ2v) is 7.33. The highest BCUT2D eigenvalue weighted by molar-refractivity contribution is 6.06. The quantitative estimate of drug-likeness (QED) is 0.857. The molecular weight excluding hydrogens is 354 g/mol. The molecule has 1 aliphatic heterocycles. The largest absolute Gasteiger partial charge is 0.353 e. The van der Waals surface area contributed by atoms with Gasteiger partial charge >= 0.3 is 0 Å². The van der Waals surface area contributed by atoms with Crippen molar-refractivity contribution in [2.75, 3.05) is 18.4 Å². The van der Waals surface area contributed by atoms with Crippen LogP contribution >= 0.6 is 0 Å².